The molecule has 2 unspecified atom stereocenters. The summed E-state index contributed by atoms with van der Waals surface area (Å²) in [5.41, 5.74) is 0. The number of nitrogens with zero attached hydrogens (tertiary/aromatic N) is 1. The summed E-state index contributed by atoms with van der Waals surface area (Å²) in [6, 6.07) is 0. The minimum absolute atomic E-state index is 0.279. The molecule has 0 heterocycles. The smallest absolute Gasteiger partial charge is 0.0667 e. The van der Waals surface area contributed by atoms with Crippen LogP contribution >= 0.6 is 12.6 Å². The van der Waals surface area contributed by atoms with Gasteiger partial charge < -0.3 is 10.2 Å². The lowest BCUT2D eigenvalue weighted by Gasteiger charge is -2.26. The Morgan fingerprint density at radius 3 is 2.20 bits per heavy atom. The maximum absolute atomic E-state index is 9.68. The highest BCUT2D eigenvalue weighted by molar-refractivity contribution is 7.80. The van der Waals surface area contributed by atoms with Crippen molar-refractivity contribution in [3.8, 4) is 0 Å². The number of thiol groups is 1. The largest absolute Gasteiger partial charge is 0.392 e. The van der Waals surface area contributed by atoms with Gasteiger partial charge in [0.15, 0.2) is 0 Å². The van der Waals surface area contributed by atoms with Crippen molar-refractivity contribution in [1.29, 1.82) is 0 Å². The van der Waals surface area contributed by atoms with Crippen LogP contribution in [0.15, 0.2) is 0 Å². The molecule has 0 spiro atoms. The number of aliphatic hydroxyl groups is 2. The molecule has 0 aliphatic rings. The Balaban J connectivity index is 3.91. The molecule has 0 aliphatic carbocycles. The summed E-state index contributed by atoms with van der Waals surface area (Å²) in [5.74, 6) is 0.759. The van der Waals surface area contributed by atoms with Gasteiger partial charge in [0.05, 0.1) is 12.2 Å². The molecule has 0 aliphatic heterocycles. The third-order valence-electron chi connectivity index (χ3n) is 2.45. The van der Waals surface area contributed by atoms with E-state index < -0.39 is 0 Å². The first-order valence-corrected chi connectivity index (χ1v) is 6.46. The second-order valence-corrected chi connectivity index (χ2v) is 4.43. The van der Waals surface area contributed by atoms with Gasteiger partial charge in [0, 0.05) is 25.4 Å². The molecule has 4 heteroatoms. The first-order valence-electron chi connectivity index (χ1n) is 5.83. The molecule has 3 nitrogen and oxygen atoms in total. The van der Waals surface area contributed by atoms with Crippen LogP contribution in [0.2, 0.25) is 0 Å². The maximum Gasteiger partial charge on any atom is 0.0667 e. The Kier molecular flexibility index (Phi) is 9.60. The molecule has 0 bridgehead atoms. The number of hydrogen-bond donors (Lipinski definition) is 3. The SMILES string of the molecule is CCCC(O)CN(CCS)CC(O)CC. The zero-order valence-electron chi connectivity index (χ0n) is 9.89. The molecule has 0 radical (unpaired) electrons. The molecular weight excluding hydrogens is 210 g/mol. The van der Waals surface area contributed by atoms with E-state index in [1.807, 2.05) is 6.92 Å². The Bertz CT molecular complexity index is 147. The van der Waals surface area contributed by atoms with Crippen LogP contribution in [0.1, 0.15) is 33.1 Å². The molecule has 0 saturated heterocycles. The minimum atomic E-state index is -0.293. The van der Waals surface area contributed by atoms with Crippen LogP contribution in [-0.2, 0) is 0 Å². The van der Waals surface area contributed by atoms with Gasteiger partial charge in [-0.1, -0.05) is 20.3 Å². The lowest BCUT2D eigenvalue weighted by atomic mass is 10.2. The predicted molar refractivity (Wildman–Crippen MR) is 67.5 cm³/mol. The standard InChI is InChI=1S/C11H25NO2S/c1-3-5-11(14)9-12(6-7-15)8-10(13)4-2/h10-11,13-15H,3-9H2,1-2H3. The summed E-state index contributed by atoms with van der Waals surface area (Å²) >= 11 is 4.18. The fraction of sp³-hybridized carbons (Fsp3) is 1.00. The lowest BCUT2D eigenvalue weighted by molar-refractivity contribution is 0.0677. The summed E-state index contributed by atoms with van der Waals surface area (Å²) in [7, 11) is 0. The van der Waals surface area contributed by atoms with Gasteiger partial charge in [-0.3, -0.25) is 4.90 Å². The van der Waals surface area contributed by atoms with E-state index in [4.69, 9.17) is 0 Å². The van der Waals surface area contributed by atoms with E-state index in [0.29, 0.717) is 13.1 Å². The Labute approximate surface area is 98.9 Å². The van der Waals surface area contributed by atoms with Crippen molar-refractivity contribution in [2.45, 2.75) is 45.3 Å². The van der Waals surface area contributed by atoms with Gasteiger partial charge in [-0.2, -0.15) is 12.6 Å². The van der Waals surface area contributed by atoms with Gasteiger partial charge in [0.2, 0.25) is 0 Å². The molecule has 15 heavy (non-hydrogen) atoms. The second kappa shape index (κ2) is 9.46. The Hall–Kier alpha value is 0.230. The average molecular weight is 235 g/mol. The van der Waals surface area contributed by atoms with E-state index in [0.717, 1.165) is 31.6 Å². The first-order chi connectivity index (χ1) is 7.13. The summed E-state index contributed by atoms with van der Waals surface area (Å²) in [6.45, 7) is 6.13. The van der Waals surface area contributed by atoms with Crippen LogP contribution in [0, 0.1) is 0 Å². The van der Waals surface area contributed by atoms with Crippen LogP contribution in [-0.4, -0.2) is 52.7 Å². The summed E-state index contributed by atoms with van der Waals surface area (Å²) in [6.07, 6.45) is 2.00. The second-order valence-electron chi connectivity index (χ2n) is 3.99. The highest BCUT2D eigenvalue weighted by atomic mass is 32.1. The molecule has 0 aromatic rings. The Morgan fingerprint density at radius 1 is 1.13 bits per heavy atom. The van der Waals surface area contributed by atoms with E-state index in [1.165, 1.54) is 0 Å². The molecule has 0 saturated carbocycles. The molecule has 0 aromatic carbocycles. The number of aliphatic hydroxyl groups excluding tert-OH is 2. The highest BCUT2D eigenvalue weighted by Crippen LogP contribution is 2.03. The first kappa shape index (κ1) is 15.2. The van der Waals surface area contributed by atoms with Crippen LogP contribution in [0.5, 0.6) is 0 Å². The number of hydrogen-bond acceptors (Lipinski definition) is 4. The highest BCUT2D eigenvalue weighted by Gasteiger charge is 2.13. The van der Waals surface area contributed by atoms with Crippen molar-refractivity contribution in [3.63, 3.8) is 0 Å². The van der Waals surface area contributed by atoms with Crippen molar-refractivity contribution in [1.82, 2.24) is 4.90 Å². The van der Waals surface area contributed by atoms with E-state index in [9.17, 15) is 10.2 Å². The molecule has 0 amide bonds. The van der Waals surface area contributed by atoms with Crippen molar-refractivity contribution in [3.05, 3.63) is 0 Å². The fourth-order valence-corrected chi connectivity index (χ4v) is 1.83. The van der Waals surface area contributed by atoms with E-state index in [1.54, 1.807) is 0 Å². The van der Waals surface area contributed by atoms with Crippen molar-refractivity contribution >= 4 is 12.6 Å². The summed E-state index contributed by atoms with van der Waals surface area (Å²) in [4.78, 5) is 2.08. The monoisotopic (exact) mass is 235 g/mol. The molecule has 92 valence electrons. The average Bonchev–Trinajstić information content (AvgIpc) is 2.18. The van der Waals surface area contributed by atoms with E-state index in [-0.39, 0.29) is 12.2 Å². The fourth-order valence-electron chi connectivity index (χ4n) is 1.55. The molecule has 2 atom stereocenters. The molecule has 0 rings (SSSR count). The van der Waals surface area contributed by atoms with E-state index in [2.05, 4.69) is 24.5 Å². The zero-order valence-corrected chi connectivity index (χ0v) is 10.8. The normalized spacial score (nSPS) is 15.6. The maximum atomic E-state index is 9.68. The molecular formula is C11H25NO2S. The Morgan fingerprint density at radius 2 is 1.73 bits per heavy atom. The summed E-state index contributed by atoms with van der Waals surface area (Å²) < 4.78 is 0. The van der Waals surface area contributed by atoms with Gasteiger partial charge in [-0.15, -0.1) is 0 Å². The van der Waals surface area contributed by atoms with Crippen molar-refractivity contribution in [2.24, 2.45) is 0 Å². The van der Waals surface area contributed by atoms with Gasteiger partial charge in [-0.25, -0.2) is 0 Å². The minimum Gasteiger partial charge on any atom is -0.392 e. The van der Waals surface area contributed by atoms with Crippen LogP contribution < -0.4 is 0 Å². The van der Waals surface area contributed by atoms with E-state index >= 15 is 0 Å². The van der Waals surface area contributed by atoms with Gasteiger partial charge >= 0.3 is 0 Å². The quantitative estimate of drug-likeness (QED) is 0.525. The predicted octanol–water partition coefficient (Wildman–Crippen LogP) is 1.15. The van der Waals surface area contributed by atoms with Crippen molar-refractivity contribution in [2.75, 3.05) is 25.4 Å². The van der Waals surface area contributed by atoms with Crippen LogP contribution in [0.3, 0.4) is 0 Å². The topological polar surface area (TPSA) is 43.7 Å². The third-order valence-corrected chi connectivity index (χ3v) is 2.65. The molecule has 0 aromatic heterocycles. The summed E-state index contributed by atoms with van der Waals surface area (Å²) in [5, 5.41) is 19.2. The van der Waals surface area contributed by atoms with Crippen LogP contribution in [0.25, 0.3) is 0 Å². The van der Waals surface area contributed by atoms with Gasteiger partial charge in [0.25, 0.3) is 0 Å². The van der Waals surface area contributed by atoms with Gasteiger partial charge in [-0.05, 0) is 12.8 Å². The van der Waals surface area contributed by atoms with Gasteiger partial charge in [0.1, 0.15) is 0 Å². The van der Waals surface area contributed by atoms with Crippen LogP contribution in [0.4, 0.5) is 0 Å². The zero-order chi connectivity index (χ0) is 11.7. The molecule has 2 N–H and O–H groups in total. The lowest BCUT2D eigenvalue weighted by Crippen LogP contribution is -2.39. The third kappa shape index (κ3) is 8.08. The molecule has 0 fully saturated rings. The number of rotatable bonds is 9. The van der Waals surface area contributed by atoms with Crippen molar-refractivity contribution < 1.29 is 10.2 Å².